The lowest BCUT2D eigenvalue weighted by Crippen LogP contribution is -2.38. The summed E-state index contributed by atoms with van der Waals surface area (Å²) in [6.45, 7) is 9.31. The van der Waals surface area contributed by atoms with Crippen molar-refractivity contribution in [3.63, 3.8) is 0 Å². The summed E-state index contributed by atoms with van der Waals surface area (Å²) in [6.07, 6.45) is 0. The number of benzene rings is 1. The molecule has 1 aliphatic heterocycles. The summed E-state index contributed by atoms with van der Waals surface area (Å²) in [5.74, 6) is 0.828. The van der Waals surface area contributed by atoms with Crippen LogP contribution in [0.5, 0.6) is 5.75 Å². The molecule has 4 heteroatoms. The molecule has 1 aliphatic rings. The van der Waals surface area contributed by atoms with Crippen molar-refractivity contribution in [3.05, 3.63) is 23.3 Å². The minimum Gasteiger partial charge on any atom is -0.490 e. The van der Waals surface area contributed by atoms with Gasteiger partial charge in [-0.15, -0.1) is 0 Å². The van der Waals surface area contributed by atoms with E-state index in [2.05, 4.69) is 11.0 Å². The van der Waals surface area contributed by atoms with Crippen molar-refractivity contribution in [1.82, 2.24) is 4.90 Å². The van der Waals surface area contributed by atoms with Gasteiger partial charge in [0.15, 0.2) is 0 Å². The van der Waals surface area contributed by atoms with Crippen LogP contribution in [0.4, 0.5) is 5.69 Å². The monoisotopic (exact) mass is 250 g/mol. The molecule has 0 radical (unpaired) electrons. The van der Waals surface area contributed by atoms with Crippen LogP contribution in [0.2, 0.25) is 0 Å². The van der Waals surface area contributed by atoms with E-state index in [0.717, 1.165) is 49.8 Å². The van der Waals surface area contributed by atoms with Crippen LogP contribution in [0.1, 0.15) is 11.1 Å². The van der Waals surface area contributed by atoms with E-state index in [0.29, 0.717) is 6.61 Å². The quantitative estimate of drug-likeness (QED) is 0.825. The standard InChI is InChI=1S/C14H22N2O2/c1-11-9-12(2)14(13(15)10-11)18-8-5-16-3-6-17-7-4-16/h9-10H,3-8,15H2,1-2H3. The molecular weight excluding hydrogens is 228 g/mol. The highest BCUT2D eigenvalue weighted by Gasteiger charge is 2.11. The molecule has 0 aromatic heterocycles. The maximum Gasteiger partial charge on any atom is 0.145 e. The second kappa shape index (κ2) is 6.07. The number of hydrogen-bond acceptors (Lipinski definition) is 4. The number of hydrogen-bond donors (Lipinski definition) is 1. The van der Waals surface area contributed by atoms with Gasteiger partial charge in [0, 0.05) is 19.6 Å². The van der Waals surface area contributed by atoms with Crippen LogP contribution < -0.4 is 10.5 Å². The summed E-state index contributed by atoms with van der Waals surface area (Å²) in [6, 6.07) is 4.05. The highest BCUT2D eigenvalue weighted by molar-refractivity contribution is 5.58. The molecule has 2 N–H and O–H groups in total. The van der Waals surface area contributed by atoms with Crippen molar-refractivity contribution in [1.29, 1.82) is 0 Å². The number of nitrogens with zero attached hydrogens (tertiary/aromatic N) is 1. The Morgan fingerprint density at radius 2 is 2.00 bits per heavy atom. The highest BCUT2D eigenvalue weighted by Crippen LogP contribution is 2.27. The molecule has 1 heterocycles. The highest BCUT2D eigenvalue weighted by atomic mass is 16.5. The van der Waals surface area contributed by atoms with Gasteiger partial charge in [-0.05, 0) is 31.0 Å². The van der Waals surface area contributed by atoms with Gasteiger partial charge in [-0.25, -0.2) is 0 Å². The van der Waals surface area contributed by atoms with Gasteiger partial charge in [0.05, 0.1) is 18.9 Å². The summed E-state index contributed by atoms with van der Waals surface area (Å²) in [7, 11) is 0. The minimum absolute atomic E-state index is 0.675. The Bertz CT molecular complexity index is 378. The SMILES string of the molecule is Cc1cc(C)c(OCCN2CCOCC2)c(N)c1. The summed E-state index contributed by atoms with van der Waals surface area (Å²) >= 11 is 0. The van der Waals surface area contributed by atoms with Gasteiger partial charge in [0.25, 0.3) is 0 Å². The Morgan fingerprint density at radius 1 is 1.28 bits per heavy atom. The van der Waals surface area contributed by atoms with Gasteiger partial charge in [-0.2, -0.15) is 0 Å². The molecule has 0 amide bonds. The third-order valence-corrected chi connectivity index (χ3v) is 3.21. The van der Waals surface area contributed by atoms with Gasteiger partial charge in [-0.3, -0.25) is 4.90 Å². The van der Waals surface area contributed by atoms with E-state index in [4.69, 9.17) is 15.2 Å². The van der Waals surface area contributed by atoms with E-state index in [1.807, 2.05) is 19.9 Å². The Kier molecular flexibility index (Phi) is 4.44. The Balaban J connectivity index is 1.86. The second-order valence-corrected chi connectivity index (χ2v) is 4.80. The van der Waals surface area contributed by atoms with Crippen molar-refractivity contribution in [2.24, 2.45) is 0 Å². The first-order valence-electron chi connectivity index (χ1n) is 6.46. The fourth-order valence-corrected chi connectivity index (χ4v) is 2.29. The molecular formula is C14H22N2O2. The smallest absolute Gasteiger partial charge is 0.145 e. The van der Waals surface area contributed by atoms with E-state index >= 15 is 0 Å². The van der Waals surface area contributed by atoms with E-state index in [1.165, 1.54) is 5.56 Å². The lowest BCUT2D eigenvalue weighted by molar-refractivity contribution is 0.0322. The van der Waals surface area contributed by atoms with E-state index < -0.39 is 0 Å². The predicted octanol–water partition coefficient (Wildman–Crippen LogP) is 1.60. The van der Waals surface area contributed by atoms with Gasteiger partial charge >= 0.3 is 0 Å². The Labute approximate surface area is 109 Å². The summed E-state index contributed by atoms with van der Waals surface area (Å²) < 4.78 is 11.1. The minimum atomic E-state index is 0.675. The van der Waals surface area contributed by atoms with E-state index in [1.54, 1.807) is 0 Å². The second-order valence-electron chi connectivity index (χ2n) is 4.80. The van der Waals surface area contributed by atoms with Crippen LogP contribution in [0, 0.1) is 13.8 Å². The maximum absolute atomic E-state index is 5.98. The van der Waals surface area contributed by atoms with Gasteiger partial charge in [-0.1, -0.05) is 6.07 Å². The molecule has 0 saturated carbocycles. The fourth-order valence-electron chi connectivity index (χ4n) is 2.29. The number of anilines is 1. The van der Waals surface area contributed by atoms with Crippen LogP contribution >= 0.6 is 0 Å². The zero-order chi connectivity index (χ0) is 13.0. The molecule has 0 unspecified atom stereocenters. The lowest BCUT2D eigenvalue weighted by atomic mass is 10.1. The third kappa shape index (κ3) is 3.37. The molecule has 100 valence electrons. The van der Waals surface area contributed by atoms with E-state index in [-0.39, 0.29) is 0 Å². The first-order valence-corrected chi connectivity index (χ1v) is 6.46. The van der Waals surface area contributed by atoms with Crippen molar-refractivity contribution in [2.45, 2.75) is 13.8 Å². The summed E-state index contributed by atoms with van der Waals surface area (Å²) in [5.41, 5.74) is 8.99. The first-order chi connectivity index (χ1) is 8.66. The van der Waals surface area contributed by atoms with E-state index in [9.17, 15) is 0 Å². The molecule has 1 aromatic rings. The molecule has 1 aromatic carbocycles. The molecule has 4 nitrogen and oxygen atoms in total. The molecule has 0 aliphatic carbocycles. The predicted molar refractivity (Wildman–Crippen MR) is 73.1 cm³/mol. The van der Waals surface area contributed by atoms with Crippen molar-refractivity contribution in [2.75, 3.05) is 45.2 Å². The summed E-state index contributed by atoms with van der Waals surface area (Å²) in [4.78, 5) is 2.35. The number of nitrogen functional groups attached to an aromatic ring is 1. The Morgan fingerprint density at radius 3 is 2.67 bits per heavy atom. The van der Waals surface area contributed by atoms with Crippen LogP contribution in [-0.2, 0) is 4.74 Å². The zero-order valence-electron chi connectivity index (χ0n) is 11.2. The number of ether oxygens (including phenoxy) is 2. The average molecular weight is 250 g/mol. The number of aryl methyl sites for hydroxylation is 2. The van der Waals surface area contributed by atoms with Gasteiger partial charge < -0.3 is 15.2 Å². The number of nitrogens with two attached hydrogens (primary N) is 1. The van der Waals surface area contributed by atoms with Crippen LogP contribution in [0.25, 0.3) is 0 Å². The number of morpholine rings is 1. The topological polar surface area (TPSA) is 47.7 Å². The number of rotatable bonds is 4. The lowest BCUT2D eigenvalue weighted by Gasteiger charge is -2.26. The van der Waals surface area contributed by atoms with Gasteiger partial charge in [0.1, 0.15) is 12.4 Å². The van der Waals surface area contributed by atoms with Crippen molar-refractivity contribution in [3.8, 4) is 5.75 Å². The van der Waals surface area contributed by atoms with Crippen molar-refractivity contribution < 1.29 is 9.47 Å². The van der Waals surface area contributed by atoms with Gasteiger partial charge in [0.2, 0.25) is 0 Å². The molecule has 18 heavy (non-hydrogen) atoms. The maximum atomic E-state index is 5.98. The van der Waals surface area contributed by atoms with Crippen LogP contribution in [0.15, 0.2) is 12.1 Å². The average Bonchev–Trinajstić information content (AvgIpc) is 2.34. The Hall–Kier alpha value is -1.26. The van der Waals surface area contributed by atoms with Crippen LogP contribution in [-0.4, -0.2) is 44.4 Å². The third-order valence-electron chi connectivity index (χ3n) is 3.21. The molecule has 1 fully saturated rings. The zero-order valence-corrected chi connectivity index (χ0v) is 11.2. The molecule has 0 atom stereocenters. The normalized spacial score (nSPS) is 16.8. The molecule has 1 saturated heterocycles. The fraction of sp³-hybridized carbons (Fsp3) is 0.571. The van der Waals surface area contributed by atoms with Crippen LogP contribution in [0.3, 0.4) is 0 Å². The molecule has 2 rings (SSSR count). The first kappa shape index (κ1) is 13.2. The largest absolute Gasteiger partial charge is 0.490 e. The van der Waals surface area contributed by atoms with Crippen molar-refractivity contribution >= 4 is 5.69 Å². The molecule has 0 bridgehead atoms. The molecule has 0 spiro atoms. The summed E-state index contributed by atoms with van der Waals surface area (Å²) in [5, 5.41) is 0.